The summed E-state index contributed by atoms with van der Waals surface area (Å²) in [5.41, 5.74) is 1.16. The number of aryl methyl sites for hydroxylation is 1. The quantitative estimate of drug-likeness (QED) is 0.671. The molecule has 1 aromatic carbocycles. The van der Waals surface area contributed by atoms with Crippen LogP contribution in [0.1, 0.15) is 18.7 Å². The minimum absolute atomic E-state index is 0.0677. The number of carbonyl (C=O) groups excluding carboxylic acids is 1. The lowest BCUT2D eigenvalue weighted by Crippen LogP contribution is -2.11. The largest absolute Gasteiger partial charge is 0.504 e. The molecule has 134 valence electrons. The molecule has 3 aromatic rings. The minimum atomic E-state index is -0.207. The smallest absolute Gasteiger partial charge is 0.226 e. The van der Waals surface area contributed by atoms with E-state index >= 15 is 0 Å². The third-order valence-electron chi connectivity index (χ3n) is 3.68. The van der Waals surface area contributed by atoms with Crippen LogP contribution >= 0.6 is 0 Å². The van der Waals surface area contributed by atoms with E-state index in [-0.39, 0.29) is 18.1 Å². The number of hydrogen-bond donors (Lipinski definition) is 2. The second-order valence-electron chi connectivity index (χ2n) is 5.53. The molecule has 0 spiro atoms. The summed E-state index contributed by atoms with van der Waals surface area (Å²) in [7, 11) is 1.60. The van der Waals surface area contributed by atoms with Crippen molar-refractivity contribution in [2.45, 2.75) is 19.3 Å². The number of pyridine rings is 1. The van der Waals surface area contributed by atoms with E-state index in [1.807, 2.05) is 24.3 Å². The number of anilines is 1. The van der Waals surface area contributed by atoms with Gasteiger partial charge in [0.1, 0.15) is 5.75 Å². The number of aromatic hydroxyl groups is 1. The van der Waals surface area contributed by atoms with Crippen LogP contribution in [0.3, 0.4) is 0 Å². The van der Waals surface area contributed by atoms with Crippen molar-refractivity contribution in [2.24, 2.45) is 0 Å². The van der Waals surface area contributed by atoms with E-state index in [4.69, 9.17) is 9.26 Å². The molecular weight excluding hydrogens is 336 g/mol. The molecule has 2 N–H and O–H groups in total. The molecule has 0 aliphatic carbocycles. The topological polar surface area (TPSA) is 110 Å². The molecule has 8 nitrogen and oxygen atoms in total. The molecule has 0 saturated heterocycles. The summed E-state index contributed by atoms with van der Waals surface area (Å²) in [6, 6.07) is 8.88. The Bertz CT molecular complexity index is 877. The van der Waals surface area contributed by atoms with E-state index < -0.39 is 0 Å². The molecule has 0 fully saturated rings. The normalized spacial score (nSPS) is 10.5. The standard InChI is InChI=1S/C18H18N4O4/c1-25-13-7-5-12(6-8-13)18-21-17(26-22-18)4-2-3-16(24)20-14-9-10-19-11-15(14)23/h5-11,23H,2-4H2,1H3,(H,19,20,24). The number of rotatable bonds is 7. The fourth-order valence-electron chi connectivity index (χ4n) is 2.32. The highest BCUT2D eigenvalue weighted by Gasteiger charge is 2.11. The van der Waals surface area contributed by atoms with Crippen LogP contribution in [0.15, 0.2) is 47.2 Å². The van der Waals surface area contributed by atoms with Gasteiger partial charge in [-0.25, -0.2) is 0 Å². The summed E-state index contributed by atoms with van der Waals surface area (Å²) in [6.45, 7) is 0. The summed E-state index contributed by atoms with van der Waals surface area (Å²) in [5.74, 6) is 1.44. The molecule has 1 amide bonds. The second kappa shape index (κ2) is 8.11. The fourth-order valence-corrected chi connectivity index (χ4v) is 2.32. The molecule has 0 saturated carbocycles. The Morgan fingerprint density at radius 2 is 2.08 bits per heavy atom. The molecule has 0 aliphatic rings. The van der Waals surface area contributed by atoms with Crippen LogP contribution in [-0.4, -0.2) is 33.2 Å². The van der Waals surface area contributed by atoms with Crippen LogP contribution < -0.4 is 10.1 Å². The van der Waals surface area contributed by atoms with Crippen molar-refractivity contribution in [3.63, 3.8) is 0 Å². The minimum Gasteiger partial charge on any atom is -0.504 e. The molecule has 26 heavy (non-hydrogen) atoms. The fraction of sp³-hybridized carbons (Fsp3) is 0.222. The zero-order valence-corrected chi connectivity index (χ0v) is 14.2. The van der Waals surface area contributed by atoms with Gasteiger partial charge in [0.05, 0.1) is 19.0 Å². The van der Waals surface area contributed by atoms with Gasteiger partial charge < -0.3 is 19.7 Å². The second-order valence-corrected chi connectivity index (χ2v) is 5.53. The van der Waals surface area contributed by atoms with Gasteiger partial charge in [-0.15, -0.1) is 0 Å². The van der Waals surface area contributed by atoms with Crippen LogP contribution in [0, 0.1) is 0 Å². The van der Waals surface area contributed by atoms with Crippen LogP contribution in [0.4, 0.5) is 5.69 Å². The van der Waals surface area contributed by atoms with Crippen molar-refractivity contribution in [3.8, 4) is 22.9 Å². The maximum absolute atomic E-state index is 11.9. The summed E-state index contributed by atoms with van der Waals surface area (Å²) in [6.07, 6.45) is 4.06. The van der Waals surface area contributed by atoms with Crippen molar-refractivity contribution in [1.29, 1.82) is 0 Å². The first kappa shape index (κ1) is 17.4. The molecule has 8 heteroatoms. The number of nitrogens with zero attached hydrogens (tertiary/aromatic N) is 3. The highest BCUT2D eigenvalue weighted by molar-refractivity contribution is 5.91. The lowest BCUT2D eigenvalue weighted by Gasteiger charge is -2.05. The lowest BCUT2D eigenvalue weighted by atomic mass is 10.2. The van der Waals surface area contributed by atoms with E-state index in [2.05, 4.69) is 20.4 Å². The Hall–Kier alpha value is -3.42. The van der Waals surface area contributed by atoms with Crippen LogP contribution in [0.25, 0.3) is 11.4 Å². The zero-order valence-electron chi connectivity index (χ0n) is 14.2. The SMILES string of the molecule is COc1ccc(-c2noc(CCCC(=O)Nc3ccncc3O)n2)cc1. The Morgan fingerprint density at radius 1 is 1.27 bits per heavy atom. The highest BCUT2D eigenvalue weighted by atomic mass is 16.5. The molecule has 0 atom stereocenters. The van der Waals surface area contributed by atoms with Gasteiger partial charge >= 0.3 is 0 Å². The molecular formula is C18H18N4O4. The van der Waals surface area contributed by atoms with Gasteiger partial charge in [-0.2, -0.15) is 4.98 Å². The van der Waals surface area contributed by atoms with Crippen molar-refractivity contribution in [3.05, 3.63) is 48.6 Å². The van der Waals surface area contributed by atoms with Crippen LogP contribution in [0.2, 0.25) is 0 Å². The van der Waals surface area contributed by atoms with Gasteiger partial charge in [0, 0.05) is 24.6 Å². The first-order valence-electron chi connectivity index (χ1n) is 8.05. The van der Waals surface area contributed by atoms with Gasteiger partial charge in [0.2, 0.25) is 17.6 Å². The monoisotopic (exact) mass is 354 g/mol. The van der Waals surface area contributed by atoms with Gasteiger partial charge in [-0.3, -0.25) is 9.78 Å². The van der Waals surface area contributed by atoms with Gasteiger partial charge in [0.15, 0.2) is 5.75 Å². The number of hydrogen-bond acceptors (Lipinski definition) is 7. The molecule has 0 radical (unpaired) electrons. The van der Waals surface area contributed by atoms with E-state index in [1.54, 1.807) is 7.11 Å². The summed E-state index contributed by atoms with van der Waals surface area (Å²) >= 11 is 0. The molecule has 2 heterocycles. The first-order chi connectivity index (χ1) is 12.7. The molecule has 2 aromatic heterocycles. The highest BCUT2D eigenvalue weighted by Crippen LogP contribution is 2.21. The molecule has 0 unspecified atom stereocenters. The van der Waals surface area contributed by atoms with Crippen LogP contribution in [-0.2, 0) is 11.2 Å². The van der Waals surface area contributed by atoms with Gasteiger partial charge in [-0.1, -0.05) is 5.16 Å². The van der Waals surface area contributed by atoms with E-state index in [0.717, 1.165) is 11.3 Å². The Kier molecular flexibility index (Phi) is 5.43. The Labute approximate surface area is 149 Å². The van der Waals surface area contributed by atoms with Crippen molar-refractivity contribution in [2.75, 3.05) is 12.4 Å². The average Bonchev–Trinajstić information content (AvgIpc) is 3.12. The average molecular weight is 354 g/mol. The Balaban J connectivity index is 1.50. The summed E-state index contributed by atoms with van der Waals surface area (Å²) in [5, 5.41) is 16.2. The number of aromatic nitrogens is 3. The number of methoxy groups -OCH3 is 1. The van der Waals surface area contributed by atoms with E-state index in [0.29, 0.717) is 30.2 Å². The van der Waals surface area contributed by atoms with Crippen molar-refractivity contribution >= 4 is 11.6 Å². The summed E-state index contributed by atoms with van der Waals surface area (Å²) in [4.78, 5) is 20.0. The predicted molar refractivity (Wildman–Crippen MR) is 93.8 cm³/mol. The Morgan fingerprint density at radius 3 is 2.81 bits per heavy atom. The van der Waals surface area contributed by atoms with Crippen LogP contribution in [0.5, 0.6) is 11.5 Å². The number of ether oxygens (including phenoxy) is 1. The van der Waals surface area contributed by atoms with Gasteiger partial charge in [0.25, 0.3) is 0 Å². The first-order valence-corrected chi connectivity index (χ1v) is 8.05. The van der Waals surface area contributed by atoms with Crippen molar-refractivity contribution in [1.82, 2.24) is 15.1 Å². The maximum Gasteiger partial charge on any atom is 0.226 e. The molecule has 0 aliphatic heterocycles. The number of carbonyl (C=O) groups is 1. The number of amides is 1. The third kappa shape index (κ3) is 4.35. The third-order valence-corrected chi connectivity index (χ3v) is 3.68. The maximum atomic E-state index is 11.9. The van der Waals surface area contributed by atoms with E-state index in [9.17, 15) is 9.90 Å². The number of benzene rings is 1. The van der Waals surface area contributed by atoms with Crippen molar-refractivity contribution < 1.29 is 19.2 Å². The predicted octanol–water partition coefficient (Wildman–Crippen LogP) is 2.81. The molecule has 0 bridgehead atoms. The van der Waals surface area contributed by atoms with E-state index in [1.165, 1.54) is 18.5 Å². The molecule has 3 rings (SSSR count). The lowest BCUT2D eigenvalue weighted by molar-refractivity contribution is -0.116. The van der Waals surface area contributed by atoms with Gasteiger partial charge in [-0.05, 0) is 36.8 Å². The number of nitrogens with one attached hydrogen (secondary N) is 1. The zero-order chi connectivity index (χ0) is 18.4. The summed E-state index contributed by atoms with van der Waals surface area (Å²) < 4.78 is 10.3.